The molecule has 2 aromatic carbocycles. The van der Waals surface area contributed by atoms with Gasteiger partial charge in [-0.2, -0.15) is 10.4 Å². The Morgan fingerprint density at radius 1 is 1.06 bits per heavy atom. The van der Waals surface area contributed by atoms with Crippen LogP contribution in [0.15, 0.2) is 42.5 Å². The Bertz CT molecular complexity index is 1480. The first-order valence-corrected chi connectivity index (χ1v) is 9.97. The highest BCUT2D eigenvalue weighted by Gasteiger charge is 2.27. The number of rotatable bonds is 5. The van der Waals surface area contributed by atoms with E-state index in [9.17, 15) is 14.0 Å². The van der Waals surface area contributed by atoms with Gasteiger partial charge in [-0.3, -0.25) is 14.3 Å². The second-order valence-corrected chi connectivity index (χ2v) is 7.61. The summed E-state index contributed by atoms with van der Waals surface area (Å²) in [6.45, 7) is 3.92. The van der Waals surface area contributed by atoms with E-state index < -0.39 is 17.6 Å². The summed E-state index contributed by atoms with van der Waals surface area (Å²) in [7, 11) is 0. The maximum absolute atomic E-state index is 13.8. The van der Waals surface area contributed by atoms with E-state index in [1.807, 2.05) is 12.1 Å². The predicted molar refractivity (Wildman–Crippen MR) is 120 cm³/mol. The number of hydrogen-bond acceptors (Lipinski definition) is 5. The average Bonchev–Trinajstić information content (AvgIpc) is 3.05. The summed E-state index contributed by atoms with van der Waals surface area (Å²) in [5.41, 5.74) is 14.6. The van der Waals surface area contributed by atoms with Crippen molar-refractivity contribution in [3.8, 4) is 17.2 Å². The zero-order chi connectivity index (χ0) is 23.9. The van der Waals surface area contributed by atoms with Crippen molar-refractivity contribution in [1.29, 1.82) is 5.26 Å². The van der Waals surface area contributed by atoms with Crippen LogP contribution in [0.25, 0.3) is 22.0 Å². The zero-order valence-electron chi connectivity index (χ0n) is 17.9. The number of aromatic nitrogens is 3. The van der Waals surface area contributed by atoms with Gasteiger partial charge in [0.25, 0.3) is 5.91 Å². The van der Waals surface area contributed by atoms with E-state index in [0.717, 1.165) is 11.6 Å². The molecule has 4 aromatic rings. The van der Waals surface area contributed by atoms with E-state index in [-0.39, 0.29) is 22.3 Å². The molecule has 0 aliphatic rings. The van der Waals surface area contributed by atoms with Crippen LogP contribution in [0.2, 0.25) is 0 Å². The summed E-state index contributed by atoms with van der Waals surface area (Å²) < 4.78 is 15.5. The summed E-state index contributed by atoms with van der Waals surface area (Å²) in [5.74, 6) is -2.25. The number of nitrogens with zero attached hydrogens (tertiary/aromatic N) is 4. The van der Waals surface area contributed by atoms with Crippen molar-refractivity contribution in [3.63, 3.8) is 0 Å². The number of halogens is 1. The number of nitriles is 1. The Morgan fingerprint density at radius 2 is 1.76 bits per heavy atom. The number of aryl methyl sites for hydroxylation is 1. The van der Waals surface area contributed by atoms with Crippen LogP contribution < -0.4 is 11.5 Å². The van der Waals surface area contributed by atoms with Crippen LogP contribution in [0.4, 0.5) is 4.39 Å². The number of carbonyl (C=O) groups is 2. The van der Waals surface area contributed by atoms with E-state index in [2.05, 4.69) is 16.2 Å². The Balaban J connectivity index is 1.97. The van der Waals surface area contributed by atoms with Gasteiger partial charge in [0.15, 0.2) is 0 Å². The van der Waals surface area contributed by atoms with Crippen LogP contribution in [0.1, 0.15) is 43.4 Å². The predicted octanol–water partition coefficient (Wildman–Crippen LogP) is 2.97. The van der Waals surface area contributed by atoms with Crippen molar-refractivity contribution in [2.45, 2.75) is 20.4 Å². The maximum atomic E-state index is 13.8. The molecule has 2 aromatic heterocycles. The van der Waals surface area contributed by atoms with Crippen LogP contribution in [0.3, 0.4) is 0 Å². The molecular formula is C24H19FN6O2. The fourth-order valence-corrected chi connectivity index (χ4v) is 3.99. The first-order chi connectivity index (χ1) is 15.7. The number of amides is 2. The Hall–Kier alpha value is -4.58. The molecule has 4 N–H and O–H groups in total. The van der Waals surface area contributed by atoms with E-state index >= 15 is 0 Å². The van der Waals surface area contributed by atoms with Gasteiger partial charge in [0.1, 0.15) is 11.5 Å². The van der Waals surface area contributed by atoms with Gasteiger partial charge in [-0.15, -0.1) is 0 Å². The molecule has 0 aliphatic heterocycles. The second kappa shape index (κ2) is 8.16. The third-order valence-corrected chi connectivity index (χ3v) is 5.47. The molecule has 0 radical (unpaired) electrons. The summed E-state index contributed by atoms with van der Waals surface area (Å²) in [4.78, 5) is 29.1. The minimum atomic E-state index is -0.877. The molecule has 9 heteroatoms. The molecule has 2 amide bonds. The van der Waals surface area contributed by atoms with Gasteiger partial charge in [-0.05, 0) is 43.7 Å². The lowest BCUT2D eigenvalue weighted by Gasteiger charge is -2.15. The molecule has 0 aliphatic carbocycles. The number of carbonyl (C=O) groups excluding carboxylic acids is 2. The lowest BCUT2D eigenvalue weighted by atomic mass is 9.92. The van der Waals surface area contributed by atoms with E-state index in [0.29, 0.717) is 34.4 Å². The SMILES string of the molecule is Cc1nn(Cc2ccc(C#N)cc2)c(C)c1-c1c(C(N)=O)nc2cc(F)ccc2c1C(N)=O. The highest BCUT2D eigenvalue weighted by atomic mass is 19.1. The van der Waals surface area contributed by atoms with Crippen molar-refractivity contribution >= 4 is 22.7 Å². The first kappa shape index (κ1) is 21.6. The van der Waals surface area contributed by atoms with E-state index in [1.165, 1.54) is 12.1 Å². The monoisotopic (exact) mass is 442 g/mol. The van der Waals surface area contributed by atoms with Gasteiger partial charge in [-0.25, -0.2) is 9.37 Å². The molecule has 0 spiro atoms. The molecule has 0 fully saturated rings. The Kier molecular flexibility index (Phi) is 5.35. The topological polar surface area (TPSA) is 141 Å². The Morgan fingerprint density at radius 3 is 2.36 bits per heavy atom. The van der Waals surface area contributed by atoms with E-state index in [1.54, 1.807) is 30.7 Å². The molecule has 0 atom stereocenters. The minimum Gasteiger partial charge on any atom is -0.366 e. The van der Waals surface area contributed by atoms with Crippen LogP contribution >= 0.6 is 0 Å². The van der Waals surface area contributed by atoms with Crippen molar-refractivity contribution in [1.82, 2.24) is 14.8 Å². The van der Waals surface area contributed by atoms with Crippen molar-refractivity contribution < 1.29 is 14.0 Å². The van der Waals surface area contributed by atoms with Gasteiger partial charge in [0.05, 0.1) is 35.0 Å². The fourth-order valence-electron chi connectivity index (χ4n) is 3.99. The fraction of sp³-hybridized carbons (Fsp3) is 0.125. The molecule has 0 saturated heterocycles. The van der Waals surface area contributed by atoms with Crippen LogP contribution in [-0.2, 0) is 6.54 Å². The summed E-state index contributed by atoms with van der Waals surface area (Å²) >= 11 is 0. The lowest BCUT2D eigenvalue weighted by Crippen LogP contribution is -2.21. The summed E-state index contributed by atoms with van der Waals surface area (Å²) in [5, 5.41) is 13.9. The van der Waals surface area contributed by atoms with Gasteiger partial charge < -0.3 is 11.5 Å². The molecular weight excluding hydrogens is 423 g/mol. The lowest BCUT2D eigenvalue weighted by molar-refractivity contribution is 0.0996. The normalized spacial score (nSPS) is 10.8. The third-order valence-electron chi connectivity index (χ3n) is 5.47. The number of hydrogen-bond donors (Lipinski definition) is 2. The maximum Gasteiger partial charge on any atom is 0.267 e. The standard InChI is InChI=1S/C24H19FN6O2/c1-12-19(13(2)31(30-12)11-15-5-3-14(10-26)4-6-15)21-20(23(27)32)17-8-7-16(25)9-18(17)29-22(21)24(28)33/h3-9H,11H2,1-2H3,(H2,27,32)(H2,28,33). The van der Waals surface area contributed by atoms with E-state index in [4.69, 9.17) is 16.7 Å². The number of primary amides is 2. The quantitative estimate of drug-likeness (QED) is 0.489. The minimum absolute atomic E-state index is 0.0259. The highest BCUT2D eigenvalue weighted by Crippen LogP contribution is 2.36. The average molecular weight is 442 g/mol. The molecule has 0 unspecified atom stereocenters. The number of fused-ring (bicyclic) bond motifs is 1. The number of pyridine rings is 1. The van der Waals surface area contributed by atoms with Gasteiger partial charge in [0, 0.05) is 28.3 Å². The zero-order valence-corrected chi connectivity index (χ0v) is 17.9. The Labute approximate surface area is 188 Å². The highest BCUT2D eigenvalue weighted by molar-refractivity contribution is 6.15. The molecule has 0 saturated carbocycles. The molecule has 0 bridgehead atoms. The molecule has 8 nitrogen and oxygen atoms in total. The van der Waals surface area contributed by atoms with Gasteiger partial charge >= 0.3 is 0 Å². The van der Waals surface area contributed by atoms with Crippen LogP contribution in [0.5, 0.6) is 0 Å². The number of nitrogens with two attached hydrogens (primary N) is 2. The molecule has 4 rings (SSSR count). The van der Waals surface area contributed by atoms with Crippen molar-refractivity contribution in [2.24, 2.45) is 11.5 Å². The molecule has 33 heavy (non-hydrogen) atoms. The summed E-state index contributed by atoms with van der Waals surface area (Å²) in [6, 6.07) is 12.9. The third kappa shape index (κ3) is 3.78. The number of benzene rings is 2. The van der Waals surface area contributed by atoms with Gasteiger partial charge in [-0.1, -0.05) is 12.1 Å². The molecule has 2 heterocycles. The van der Waals surface area contributed by atoms with Crippen LogP contribution in [-0.4, -0.2) is 26.6 Å². The van der Waals surface area contributed by atoms with Gasteiger partial charge in [0.2, 0.25) is 5.91 Å². The van der Waals surface area contributed by atoms with Crippen molar-refractivity contribution in [2.75, 3.05) is 0 Å². The summed E-state index contributed by atoms with van der Waals surface area (Å²) in [6.07, 6.45) is 0. The smallest absolute Gasteiger partial charge is 0.267 e. The van der Waals surface area contributed by atoms with Crippen LogP contribution in [0, 0.1) is 31.0 Å². The largest absolute Gasteiger partial charge is 0.366 e. The van der Waals surface area contributed by atoms with Crippen molar-refractivity contribution in [3.05, 3.63) is 82.1 Å². The molecule has 164 valence electrons. The second-order valence-electron chi connectivity index (χ2n) is 7.61. The first-order valence-electron chi connectivity index (χ1n) is 9.97.